The van der Waals surface area contributed by atoms with Crippen LogP contribution in [0, 0.1) is 5.41 Å². The summed E-state index contributed by atoms with van der Waals surface area (Å²) in [6.45, 7) is 0.319. The second-order valence-corrected chi connectivity index (χ2v) is 3.52. The second-order valence-electron chi connectivity index (χ2n) is 3.52. The molecule has 1 heterocycles. The minimum Gasteiger partial charge on any atom is -0.388 e. The molecule has 0 saturated heterocycles. The molecule has 100 valence electrons. The maximum absolute atomic E-state index is 11.6. The van der Waals surface area contributed by atoms with Crippen LogP contribution < -0.4 is 16.4 Å². The zero-order valence-corrected chi connectivity index (χ0v) is 11.6. The maximum atomic E-state index is 11.6. The molecular formula is C10H16BrN5O2. The van der Waals surface area contributed by atoms with Crippen LogP contribution in [0.2, 0.25) is 0 Å². The van der Waals surface area contributed by atoms with E-state index in [1.165, 1.54) is 0 Å². The number of nitrogens with two attached hydrogens (primary N) is 1. The number of nitrogens with one attached hydrogen (secondary N) is 3. The SMILES string of the molecule is Br.Cn1cc(C(=O)NCCC(=N)N)cc1NC=O. The van der Waals surface area contributed by atoms with E-state index in [9.17, 15) is 9.59 Å². The predicted octanol–water partition coefficient (Wildman–Crippen LogP) is 0.227. The lowest BCUT2D eigenvalue weighted by Gasteiger charge is -2.01. The van der Waals surface area contributed by atoms with Crippen molar-refractivity contribution in [1.29, 1.82) is 5.41 Å². The summed E-state index contributed by atoms with van der Waals surface area (Å²) in [4.78, 5) is 21.9. The summed E-state index contributed by atoms with van der Waals surface area (Å²) < 4.78 is 1.63. The number of aromatic nitrogens is 1. The average Bonchev–Trinajstić information content (AvgIpc) is 2.60. The first kappa shape index (κ1) is 16.2. The van der Waals surface area contributed by atoms with E-state index in [1.54, 1.807) is 23.9 Å². The third-order valence-corrected chi connectivity index (χ3v) is 2.15. The van der Waals surface area contributed by atoms with Crippen molar-refractivity contribution >= 4 is 41.0 Å². The van der Waals surface area contributed by atoms with E-state index in [2.05, 4.69) is 10.6 Å². The minimum atomic E-state index is -0.263. The van der Waals surface area contributed by atoms with Gasteiger partial charge in [0.25, 0.3) is 5.91 Å². The third-order valence-electron chi connectivity index (χ3n) is 2.15. The molecule has 0 aliphatic heterocycles. The van der Waals surface area contributed by atoms with Gasteiger partial charge in [0, 0.05) is 26.2 Å². The van der Waals surface area contributed by atoms with E-state index >= 15 is 0 Å². The van der Waals surface area contributed by atoms with Gasteiger partial charge in [-0.2, -0.15) is 0 Å². The third kappa shape index (κ3) is 4.58. The number of rotatable bonds is 6. The van der Waals surface area contributed by atoms with Crippen LogP contribution in [0.15, 0.2) is 12.3 Å². The number of amides is 2. The van der Waals surface area contributed by atoms with Gasteiger partial charge in [-0.3, -0.25) is 15.0 Å². The van der Waals surface area contributed by atoms with Crippen molar-refractivity contribution < 1.29 is 9.59 Å². The van der Waals surface area contributed by atoms with E-state index in [0.717, 1.165) is 0 Å². The maximum Gasteiger partial charge on any atom is 0.252 e. The Morgan fingerprint density at radius 1 is 1.61 bits per heavy atom. The summed E-state index contributed by atoms with van der Waals surface area (Å²) in [6.07, 6.45) is 2.47. The molecule has 0 aromatic carbocycles. The fourth-order valence-electron chi connectivity index (χ4n) is 1.31. The Balaban J connectivity index is 0.00000289. The lowest BCUT2D eigenvalue weighted by atomic mass is 10.3. The molecule has 0 aliphatic rings. The predicted molar refractivity (Wildman–Crippen MR) is 74.3 cm³/mol. The van der Waals surface area contributed by atoms with Crippen molar-refractivity contribution in [2.45, 2.75) is 6.42 Å². The van der Waals surface area contributed by atoms with Crippen molar-refractivity contribution in [3.8, 4) is 0 Å². The Labute approximate surface area is 115 Å². The Morgan fingerprint density at radius 2 is 2.28 bits per heavy atom. The van der Waals surface area contributed by atoms with Crippen LogP contribution in [-0.2, 0) is 11.8 Å². The number of anilines is 1. The molecule has 0 spiro atoms. The van der Waals surface area contributed by atoms with Gasteiger partial charge in [0.2, 0.25) is 6.41 Å². The molecule has 0 bridgehead atoms. The molecule has 8 heteroatoms. The number of carbonyl (C=O) groups excluding carboxylic acids is 2. The molecule has 1 rings (SSSR count). The van der Waals surface area contributed by atoms with Gasteiger partial charge in [0.1, 0.15) is 5.82 Å². The normalized spacial score (nSPS) is 9.17. The van der Waals surface area contributed by atoms with Gasteiger partial charge in [-0.25, -0.2) is 0 Å². The number of amidine groups is 1. The van der Waals surface area contributed by atoms with Crippen LogP contribution in [0.25, 0.3) is 0 Å². The Bertz CT molecular complexity index is 443. The molecule has 0 fully saturated rings. The highest BCUT2D eigenvalue weighted by Crippen LogP contribution is 2.11. The highest BCUT2D eigenvalue weighted by atomic mass is 79.9. The molecular weight excluding hydrogens is 302 g/mol. The quantitative estimate of drug-likeness (QED) is 0.342. The lowest BCUT2D eigenvalue weighted by molar-refractivity contribution is -0.105. The smallest absolute Gasteiger partial charge is 0.252 e. The number of nitrogens with zero attached hydrogens (tertiary/aromatic N) is 1. The zero-order chi connectivity index (χ0) is 12.8. The fourth-order valence-corrected chi connectivity index (χ4v) is 1.31. The van der Waals surface area contributed by atoms with Gasteiger partial charge in [0.15, 0.2) is 0 Å². The van der Waals surface area contributed by atoms with Crippen molar-refractivity contribution in [3.05, 3.63) is 17.8 Å². The van der Waals surface area contributed by atoms with Crippen LogP contribution in [0.3, 0.4) is 0 Å². The van der Waals surface area contributed by atoms with Crippen LogP contribution in [0.1, 0.15) is 16.8 Å². The second kappa shape index (κ2) is 7.49. The van der Waals surface area contributed by atoms with E-state index < -0.39 is 0 Å². The number of halogens is 1. The van der Waals surface area contributed by atoms with E-state index in [4.69, 9.17) is 11.1 Å². The van der Waals surface area contributed by atoms with E-state index in [0.29, 0.717) is 30.8 Å². The van der Waals surface area contributed by atoms with Crippen LogP contribution in [0.5, 0.6) is 0 Å². The lowest BCUT2D eigenvalue weighted by Crippen LogP contribution is -2.27. The first-order valence-corrected chi connectivity index (χ1v) is 5.02. The molecule has 1 aromatic rings. The number of carbonyl (C=O) groups is 2. The standard InChI is InChI=1S/C10H15N5O2.BrH/c1-15-5-7(4-9(15)14-6-16)10(17)13-3-2-8(11)12;/h4-6H,2-3H2,1H3,(H3,11,12)(H,13,17)(H,14,16);1H. The largest absolute Gasteiger partial charge is 0.388 e. The van der Waals surface area contributed by atoms with Crippen molar-refractivity contribution in [3.63, 3.8) is 0 Å². The molecule has 5 N–H and O–H groups in total. The summed E-state index contributed by atoms with van der Waals surface area (Å²) in [7, 11) is 1.72. The first-order valence-electron chi connectivity index (χ1n) is 5.02. The topological polar surface area (TPSA) is 113 Å². The van der Waals surface area contributed by atoms with Gasteiger partial charge < -0.3 is 20.9 Å². The summed E-state index contributed by atoms with van der Waals surface area (Å²) in [6, 6.07) is 1.57. The first-order chi connectivity index (χ1) is 8.04. The monoisotopic (exact) mass is 317 g/mol. The molecule has 0 saturated carbocycles. The van der Waals surface area contributed by atoms with E-state index in [-0.39, 0.29) is 28.7 Å². The number of aryl methyl sites for hydroxylation is 1. The minimum absolute atomic E-state index is 0. The Hall–Kier alpha value is -1.83. The fraction of sp³-hybridized carbons (Fsp3) is 0.300. The molecule has 0 radical (unpaired) electrons. The Kier molecular flexibility index (Phi) is 6.73. The van der Waals surface area contributed by atoms with Crippen molar-refractivity contribution in [1.82, 2.24) is 9.88 Å². The molecule has 18 heavy (non-hydrogen) atoms. The van der Waals surface area contributed by atoms with Crippen molar-refractivity contribution in [2.24, 2.45) is 12.8 Å². The van der Waals surface area contributed by atoms with Gasteiger partial charge in [-0.1, -0.05) is 0 Å². The zero-order valence-electron chi connectivity index (χ0n) is 9.90. The molecule has 7 nitrogen and oxygen atoms in total. The van der Waals surface area contributed by atoms with Gasteiger partial charge >= 0.3 is 0 Å². The van der Waals surface area contributed by atoms with Gasteiger partial charge in [-0.05, 0) is 6.07 Å². The Morgan fingerprint density at radius 3 is 2.83 bits per heavy atom. The molecule has 1 aromatic heterocycles. The van der Waals surface area contributed by atoms with E-state index in [1.807, 2.05) is 0 Å². The van der Waals surface area contributed by atoms with Crippen LogP contribution >= 0.6 is 17.0 Å². The summed E-state index contributed by atoms with van der Waals surface area (Å²) in [5.74, 6) is 0.305. The molecule has 0 aliphatic carbocycles. The highest BCUT2D eigenvalue weighted by molar-refractivity contribution is 8.93. The van der Waals surface area contributed by atoms with Crippen molar-refractivity contribution in [2.75, 3.05) is 11.9 Å². The highest BCUT2D eigenvalue weighted by Gasteiger charge is 2.09. The molecule has 0 unspecified atom stereocenters. The average molecular weight is 318 g/mol. The molecule has 0 atom stereocenters. The number of hydrogen-bond donors (Lipinski definition) is 4. The van der Waals surface area contributed by atoms with Crippen LogP contribution in [-0.4, -0.2) is 29.3 Å². The summed E-state index contributed by atoms with van der Waals surface area (Å²) >= 11 is 0. The van der Waals surface area contributed by atoms with Gasteiger partial charge in [-0.15, -0.1) is 17.0 Å². The summed E-state index contributed by atoms with van der Waals surface area (Å²) in [5.41, 5.74) is 5.61. The van der Waals surface area contributed by atoms with Crippen LogP contribution in [0.4, 0.5) is 5.82 Å². The van der Waals surface area contributed by atoms with Gasteiger partial charge in [0.05, 0.1) is 11.4 Å². The molecule has 2 amide bonds. The number of hydrogen-bond acceptors (Lipinski definition) is 3. The summed E-state index contributed by atoms with van der Waals surface area (Å²) in [5, 5.41) is 12.1.